The number of aromatic nitrogens is 2. The quantitative estimate of drug-likeness (QED) is 0.225. The summed E-state index contributed by atoms with van der Waals surface area (Å²) in [5.41, 5.74) is -1.63. The summed E-state index contributed by atoms with van der Waals surface area (Å²) in [6.45, 7) is 0.0896. The zero-order valence-electron chi connectivity index (χ0n) is 12.3. The van der Waals surface area contributed by atoms with E-state index in [1.165, 1.54) is 7.11 Å². The van der Waals surface area contributed by atoms with Gasteiger partial charge in [0, 0.05) is 26.0 Å². The Hall–Kier alpha value is -1.95. The minimum absolute atomic E-state index is 0.0388. The molecule has 23 heavy (non-hydrogen) atoms. The fourth-order valence-electron chi connectivity index (χ4n) is 1.74. The Morgan fingerprint density at radius 2 is 2.35 bits per heavy atom. The number of carbonyl (C=O) groups excluding carboxylic acids is 1. The molecule has 0 spiro atoms. The van der Waals surface area contributed by atoms with Crippen LogP contribution in [-0.4, -0.2) is 46.7 Å². The minimum Gasteiger partial charge on any atom is -0.609 e. The molecule has 1 aromatic heterocycles. The molecule has 0 bridgehead atoms. The lowest BCUT2D eigenvalue weighted by Crippen LogP contribution is -2.90. The Morgan fingerprint density at radius 3 is 2.91 bits per heavy atom. The molecule has 4 N–H and O–H groups in total. The van der Waals surface area contributed by atoms with Gasteiger partial charge in [-0.25, -0.2) is 9.59 Å². The van der Waals surface area contributed by atoms with Crippen molar-refractivity contribution >= 4 is 17.6 Å². The molecule has 0 saturated heterocycles. The van der Waals surface area contributed by atoms with E-state index in [2.05, 4.69) is 5.32 Å². The Bertz CT molecular complexity index is 636. The molecule has 0 aromatic carbocycles. The molecule has 12 heteroatoms. The normalized spacial score (nSPS) is 12.0. The molecule has 1 rings (SSSR count). The Balaban J connectivity index is 2.68. The number of urea groups is 1. The molecule has 0 fully saturated rings. The second kappa shape index (κ2) is 9.25. The number of nitrogens with one attached hydrogen (secondary N) is 2. The highest BCUT2D eigenvalue weighted by Crippen LogP contribution is 2.08. The van der Waals surface area contributed by atoms with Crippen molar-refractivity contribution in [2.75, 3.05) is 26.1 Å². The number of nitrogens with two attached hydrogens (primary N) is 1. The first-order valence-corrected chi connectivity index (χ1v) is 7.07. The van der Waals surface area contributed by atoms with Crippen LogP contribution in [-0.2, 0) is 4.74 Å². The summed E-state index contributed by atoms with van der Waals surface area (Å²) in [6.07, 6.45) is -0.0873. The smallest absolute Gasteiger partial charge is 0.361 e. The summed E-state index contributed by atoms with van der Waals surface area (Å²) >= 11 is 5.45. The van der Waals surface area contributed by atoms with Gasteiger partial charge >= 0.3 is 11.7 Å². The van der Waals surface area contributed by atoms with Crippen LogP contribution in [0.15, 0.2) is 15.8 Å². The van der Waals surface area contributed by atoms with Crippen LogP contribution < -0.4 is 22.2 Å². The largest absolute Gasteiger partial charge is 0.609 e. The molecule has 1 unspecified atom stereocenters. The van der Waals surface area contributed by atoms with Gasteiger partial charge in [0.05, 0.1) is 12.7 Å². The fraction of sp³-hybridized carbons (Fsp3) is 0.545. The van der Waals surface area contributed by atoms with Gasteiger partial charge < -0.3 is 15.3 Å². The first-order valence-electron chi connectivity index (χ1n) is 6.54. The lowest BCUT2D eigenvalue weighted by molar-refractivity contribution is -0.731. The summed E-state index contributed by atoms with van der Waals surface area (Å²) in [5, 5.41) is 14.0. The average molecular weight is 354 g/mol. The summed E-state index contributed by atoms with van der Waals surface area (Å²) < 4.78 is 19.2. The highest BCUT2D eigenvalue weighted by atomic mass is 35.5. The van der Waals surface area contributed by atoms with E-state index in [1.807, 2.05) is 0 Å². The average Bonchev–Trinajstić information content (AvgIpc) is 2.53. The van der Waals surface area contributed by atoms with Crippen LogP contribution in [0.3, 0.4) is 0 Å². The van der Waals surface area contributed by atoms with Crippen molar-refractivity contribution in [3.8, 4) is 0 Å². The number of carbonyl (C=O) groups is 1. The number of rotatable bonds is 8. The van der Waals surface area contributed by atoms with E-state index in [-0.39, 0.29) is 25.4 Å². The standard InChI is InChI=1S/C11H17ClFN5O5/c1-23-8(17-6-7(13)9(19)15-11(17)21)2-4-14-10(20)18(16-22)5-3-12/h6,8H,2-5,16H2,1H3,(H,14,20)(H,15,19,21). The second-order valence-electron chi connectivity index (χ2n) is 4.34. The van der Waals surface area contributed by atoms with Gasteiger partial charge in [-0.3, -0.25) is 19.9 Å². The first kappa shape index (κ1) is 19.1. The molecular formula is C11H17ClFN5O5. The van der Waals surface area contributed by atoms with Crippen molar-refractivity contribution in [2.45, 2.75) is 12.6 Å². The van der Waals surface area contributed by atoms with Crippen LogP contribution >= 0.6 is 11.6 Å². The number of halogens is 2. The van der Waals surface area contributed by atoms with Gasteiger partial charge in [0.25, 0.3) is 5.56 Å². The molecule has 2 amide bonds. The van der Waals surface area contributed by atoms with Gasteiger partial charge in [0.1, 0.15) is 6.23 Å². The van der Waals surface area contributed by atoms with Crippen LogP contribution in [0.2, 0.25) is 0 Å². The summed E-state index contributed by atoms with van der Waals surface area (Å²) in [6, 6.07) is -0.657. The number of nitrogens with zero attached hydrogens (tertiary/aromatic N) is 2. The third-order valence-electron chi connectivity index (χ3n) is 2.89. The van der Waals surface area contributed by atoms with Gasteiger partial charge in [0.2, 0.25) is 5.82 Å². The van der Waals surface area contributed by atoms with Crippen LogP contribution in [0.1, 0.15) is 12.6 Å². The predicted molar refractivity (Wildman–Crippen MR) is 78.1 cm³/mol. The second-order valence-corrected chi connectivity index (χ2v) is 4.72. The molecule has 0 aliphatic carbocycles. The summed E-state index contributed by atoms with van der Waals surface area (Å²) in [5.74, 6) is -1.04. The molecular weight excluding hydrogens is 337 g/mol. The molecule has 0 saturated carbocycles. The predicted octanol–water partition coefficient (Wildman–Crippen LogP) is -1.56. The number of methoxy groups -OCH3 is 1. The maximum Gasteiger partial charge on any atom is 0.361 e. The van der Waals surface area contributed by atoms with E-state index >= 15 is 0 Å². The van der Waals surface area contributed by atoms with Crippen molar-refractivity contribution in [2.24, 2.45) is 0 Å². The Labute approximate surface area is 134 Å². The molecule has 1 atom stereocenters. The van der Waals surface area contributed by atoms with Gasteiger partial charge in [0.15, 0.2) is 0 Å². The molecule has 0 radical (unpaired) electrons. The molecule has 10 nitrogen and oxygen atoms in total. The summed E-state index contributed by atoms with van der Waals surface area (Å²) in [4.78, 5) is 36.1. The van der Waals surface area contributed by atoms with Crippen molar-refractivity contribution in [3.63, 3.8) is 0 Å². The zero-order valence-corrected chi connectivity index (χ0v) is 13.0. The number of hydrogen-bond donors (Lipinski definition) is 3. The van der Waals surface area contributed by atoms with E-state index in [0.29, 0.717) is 5.59 Å². The highest BCUT2D eigenvalue weighted by molar-refractivity contribution is 6.18. The fourth-order valence-corrected chi connectivity index (χ4v) is 1.92. The molecule has 0 aliphatic rings. The number of hydrogen-bond acceptors (Lipinski definition) is 5. The molecule has 130 valence electrons. The van der Waals surface area contributed by atoms with Gasteiger partial charge in [-0.2, -0.15) is 9.40 Å². The number of alkyl halides is 1. The number of ether oxygens (including phenoxy) is 1. The van der Waals surface area contributed by atoms with Crippen LogP contribution in [0.4, 0.5) is 9.18 Å². The Kier molecular flexibility index (Phi) is 7.68. The molecule has 1 aromatic rings. The van der Waals surface area contributed by atoms with Crippen molar-refractivity contribution < 1.29 is 19.5 Å². The highest BCUT2D eigenvalue weighted by Gasteiger charge is 2.16. The van der Waals surface area contributed by atoms with Crippen molar-refractivity contribution in [3.05, 3.63) is 38.1 Å². The van der Waals surface area contributed by atoms with Crippen molar-refractivity contribution in [1.82, 2.24) is 19.9 Å². The third kappa shape index (κ3) is 5.32. The lowest BCUT2D eigenvalue weighted by Gasteiger charge is -2.22. The van der Waals surface area contributed by atoms with Gasteiger partial charge in [-0.15, -0.1) is 11.6 Å². The van der Waals surface area contributed by atoms with Crippen LogP contribution in [0.5, 0.6) is 0 Å². The van der Waals surface area contributed by atoms with Gasteiger partial charge in [-0.1, -0.05) is 0 Å². The third-order valence-corrected chi connectivity index (χ3v) is 3.06. The number of aromatic amines is 1. The van der Waals surface area contributed by atoms with E-state index in [1.54, 1.807) is 4.98 Å². The summed E-state index contributed by atoms with van der Waals surface area (Å²) in [7, 11) is 1.28. The number of amides is 2. The minimum atomic E-state index is -1.13. The Morgan fingerprint density at radius 1 is 1.65 bits per heavy atom. The maximum absolute atomic E-state index is 13.3. The molecule has 0 aliphatic heterocycles. The van der Waals surface area contributed by atoms with E-state index in [0.717, 1.165) is 15.8 Å². The van der Waals surface area contributed by atoms with Crippen molar-refractivity contribution in [1.29, 1.82) is 0 Å². The topological polar surface area (TPSA) is 136 Å². The SMILES string of the molecule is COC(CCNC(=O)N(CCCl)[NH2+][O-])n1cc(F)c(=O)[nH]c1=O. The van der Waals surface area contributed by atoms with E-state index < -0.39 is 29.3 Å². The lowest BCUT2D eigenvalue weighted by atomic mass is 10.3. The van der Waals surface area contributed by atoms with E-state index in [4.69, 9.17) is 16.3 Å². The van der Waals surface area contributed by atoms with Crippen LogP contribution in [0, 0.1) is 11.0 Å². The van der Waals surface area contributed by atoms with E-state index in [9.17, 15) is 24.0 Å². The molecule has 1 heterocycles. The van der Waals surface area contributed by atoms with Crippen LogP contribution in [0.25, 0.3) is 0 Å². The zero-order chi connectivity index (χ0) is 17.4. The maximum atomic E-state index is 13.3. The monoisotopic (exact) mass is 353 g/mol. The van der Waals surface area contributed by atoms with Gasteiger partial charge in [-0.05, 0) is 0 Å². The number of H-pyrrole nitrogens is 1. The first-order chi connectivity index (χ1) is 10.9. The number of quaternary nitrogens is 1.